The lowest BCUT2D eigenvalue weighted by atomic mass is 10.1. The summed E-state index contributed by atoms with van der Waals surface area (Å²) in [4.78, 5) is 0. The Kier molecular flexibility index (Phi) is 3.15. The Balaban J connectivity index is 3.35. The zero-order valence-electron chi connectivity index (χ0n) is 6.46. The molecule has 0 spiro atoms. The third-order valence-electron chi connectivity index (χ3n) is 1.56. The second-order valence-corrected chi connectivity index (χ2v) is 3.66. The number of nitrogens with zero attached hydrogens (tertiary/aromatic N) is 1. The Bertz CT molecular complexity index is 375. The summed E-state index contributed by atoms with van der Waals surface area (Å²) in [5.74, 6) is -0.0819. The lowest BCUT2D eigenvalue weighted by Gasteiger charge is -2.09. The zero-order valence-corrected chi connectivity index (χ0v) is 8.80. The number of benzene rings is 1. The molecule has 3 N–H and O–H groups in total. The molecule has 0 bridgehead atoms. The third-order valence-corrected chi connectivity index (χ3v) is 2.53. The van der Waals surface area contributed by atoms with E-state index in [-0.39, 0.29) is 16.3 Å². The van der Waals surface area contributed by atoms with E-state index in [9.17, 15) is 5.11 Å². The van der Waals surface area contributed by atoms with E-state index in [1.165, 1.54) is 0 Å². The van der Waals surface area contributed by atoms with Crippen molar-refractivity contribution in [3.05, 3.63) is 27.2 Å². The van der Waals surface area contributed by atoms with Crippen molar-refractivity contribution >= 4 is 27.5 Å². The van der Waals surface area contributed by atoms with Gasteiger partial charge in [-0.25, -0.2) is 0 Å². The van der Waals surface area contributed by atoms with E-state index in [1.807, 2.05) is 0 Å². The topological polar surface area (TPSA) is 70.0 Å². The first kappa shape index (κ1) is 10.3. The molecular weight excluding hydrogens is 255 g/mol. The van der Waals surface area contributed by atoms with Crippen LogP contribution in [0, 0.1) is 11.3 Å². The van der Waals surface area contributed by atoms with Gasteiger partial charge >= 0.3 is 0 Å². The van der Waals surface area contributed by atoms with Crippen molar-refractivity contribution in [3.63, 3.8) is 0 Å². The van der Waals surface area contributed by atoms with Gasteiger partial charge in [-0.2, -0.15) is 5.26 Å². The third kappa shape index (κ3) is 1.94. The van der Waals surface area contributed by atoms with Crippen molar-refractivity contribution in [2.24, 2.45) is 5.73 Å². The van der Waals surface area contributed by atoms with Crippen LogP contribution >= 0.6 is 27.5 Å². The number of nitriles is 1. The van der Waals surface area contributed by atoms with Gasteiger partial charge in [0.15, 0.2) is 0 Å². The summed E-state index contributed by atoms with van der Waals surface area (Å²) in [6.07, 6.45) is 0. The van der Waals surface area contributed by atoms with Gasteiger partial charge in [-0.3, -0.25) is 0 Å². The fourth-order valence-corrected chi connectivity index (χ4v) is 1.53. The van der Waals surface area contributed by atoms with E-state index in [0.717, 1.165) is 0 Å². The lowest BCUT2D eigenvalue weighted by Crippen LogP contribution is -2.08. The fraction of sp³-hybridized carbons (Fsp3) is 0.125. The van der Waals surface area contributed by atoms with Crippen molar-refractivity contribution in [1.29, 1.82) is 5.26 Å². The summed E-state index contributed by atoms with van der Waals surface area (Å²) in [5.41, 5.74) is 5.69. The van der Waals surface area contributed by atoms with Crippen molar-refractivity contribution in [3.8, 4) is 11.8 Å². The van der Waals surface area contributed by atoms with Crippen LogP contribution in [-0.4, -0.2) is 5.11 Å². The normalized spacial score (nSPS) is 12.2. The first-order valence-electron chi connectivity index (χ1n) is 3.40. The maximum atomic E-state index is 9.52. The Labute approximate surface area is 88.9 Å². The number of nitrogens with two attached hydrogens (primary N) is 1. The van der Waals surface area contributed by atoms with Gasteiger partial charge < -0.3 is 10.8 Å². The standard InChI is InChI=1S/C8H6BrClN2O/c9-4-1-2-5(10)7(8(4)13)6(12)3-11/h1-2,6,13H,12H2/t6-/m0/s1. The molecule has 0 aliphatic heterocycles. The minimum absolute atomic E-state index is 0.0819. The molecule has 13 heavy (non-hydrogen) atoms. The van der Waals surface area contributed by atoms with Crippen molar-refractivity contribution < 1.29 is 5.11 Å². The highest BCUT2D eigenvalue weighted by Gasteiger charge is 2.16. The predicted octanol–water partition coefficient (Wildman–Crippen LogP) is 2.33. The summed E-state index contributed by atoms with van der Waals surface area (Å²) in [6.45, 7) is 0. The minimum atomic E-state index is -0.912. The van der Waals surface area contributed by atoms with Crippen LogP contribution in [0.4, 0.5) is 0 Å². The SMILES string of the molecule is N#C[C@H](N)c1c(Cl)ccc(Br)c1O. The summed E-state index contributed by atoms with van der Waals surface area (Å²) >= 11 is 8.87. The number of rotatable bonds is 1. The number of hydrogen-bond acceptors (Lipinski definition) is 3. The predicted molar refractivity (Wildman–Crippen MR) is 53.4 cm³/mol. The van der Waals surface area contributed by atoms with Crippen LogP contribution in [0.15, 0.2) is 16.6 Å². The molecule has 0 aliphatic rings. The molecule has 1 aromatic carbocycles. The van der Waals surface area contributed by atoms with E-state index >= 15 is 0 Å². The molecule has 1 rings (SSSR count). The average Bonchev–Trinajstić information content (AvgIpc) is 2.12. The largest absolute Gasteiger partial charge is 0.506 e. The molecule has 0 aromatic heterocycles. The molecule has 0 radical (unpaired) electrons. The maximum Gasteiger partial charge on any atom is 0.137 e. The number of phenols is 1. The molecule has 0 aliphatic carbocycles. The van der Waals surface area contributed by atoms with Crippen LogP contribution in [0.3, 0.4) is 0 Å². The van der Waals surface area contributed by atoms with Gasteiger partial charge in [0.25, 0.3) is 0 Å². The molecule has 1 atom stereocenters. The van der Waals surface area contributed by atoms with Gasteiger partial charge in [0.2, 0.25) is 0 Å². The van der Waals surface area contributed by atoms with Gasteiger partial charge in [0, 0.05) is 5.56 Å². The van der Waals surface area contributed by atoms with Crippen molar-refractivity contribution in [2.75, 3.05) is 0 Å². The Morgan fingerprint density at radius 3 is 2.77 bits per heavy atom. The smallest absolute Gasteiger partial charge is 0.137 e. The van der Waals surface area contributed by atoms with E-state index in [4.69, 9.17) is 22.6 Å². The van der Waals surface area contributed by atoms with Crippen LogP contribution in [0.2, 0.25) is 5.02 Å². The number of halogens is 2. The first-order valence-corrected chi connectivity index (χ1v) is 4.57. The van der Waals surface area contributed by atoms with E-state index < -0.39 is 6.04 Å². The molecule has 0 fully saturated rings. The van der Waals surface area contributed by atoms with E-state index in [1.54, 1.807) is 18.2 Å². The molecule has 0 heterocycles. The van der Waals surface area contributed by atoms with E-state index in [0.29, 0.717) is 4.47 Å². The maximum absolute atomic E-state index is 9.52. The molecular formula is C8H6BrClN2O. The second kappa shape index (κ2) is 3.97. The number of phenolic OH excluding ortho intramolecular Hbond substituents is 1. The highest BCUT2D eigenvalue weighted by atomic mass is 79.9. The van der Waals surface area contributed by atoms with Crippen LogP contribution in [-0.2, 0) is 0 Å². The van der Waals surface area contributed by atoms with Gasteiger partial charge in [-0.15, -0.1) is 0 Å². The Morgan fingerprint density at radius 2 is 2.23 bits per heavy atom. The number of hydrogen-bond donors (Lipinski definition) is 2. The summed E-state index contributed by atoms with van der Waals surface area (Å²) in [7, 11) is 0. The van der Waals surface area contributed by atoms with Crippen molar-refractivity contribution in [1.82, 2.24) is 0 Å². The van der Waals surface area contributed by atoms with Gasteiger partial charge in [-0.1, -0.05) is 11.6 Å². The molecule has 0 amide bonds. The average molecular weight is 262 g/mol. The first-order chi connectivity index (χ1) is 6.07. The van der Waals surface area contributed by atoms with E-state index in [2.05, 4.69) is 15.9 Å². The van der Waals surface area contributed by atoms with Crippen LogP contribution in [0.5, 0.6) is 5.75 Å². The lowest BCUT2D eigenvalue weighted by molar-refractivity contribution is 0.463. The molecule has 68 valence electrons. The second-order valence-electron chi connectivity index (χ2n) is 2.40. The minimum Gasteiger partial charge on any atom is -0.506 e. The molecule has 5 heteroatoms. The molecule has 0 saturated carbocycles. The molecule has 0 saturated heterocycles. The Morgan fingerprint density at radius 1 is 1.62 bits per heavy atom. The fourth-order valence-electron chi connectivity index (χ4n) is 0.917. The number of aromatic hydroxyl groups is 1. The quantitative estimate of drug-likeness (QED) is 0.815. The van der Waals surface area contributed by atoms with Crippen molar-refractivity contribution in [2.45, 2.75) is 6.04 Å². The zero-order chi connectivity index (χ0) is 10.0. The Hall–Kier alpha value is -0.760. The highest BCUT2D eigenvalue weighted by Crippen LogP contribution is 2.36. The summed E-state index contributed by atoms with van der Waals surface area (Å²) in [6, 6.07) is 4.05. The van der Waals surface area contributed by atoms with Gasteiger partial charge in [0.05, 0.1) is 15.6 Å². The monoisotopic (exact) mass is 260 g/mol. The van der Waals surface area contributed by atoms with Gasteiger partial charge in [-0.05, 0) is 28.1 Å². The molecule has 1 aromatic rings. The van der Waals surface area contributed by atoms with Gasteiger partial charge in [0.1, 0.15) is 11.8 Å². The van der Waals surface area contributed by atoms with Crippen LogP contribution in [0.25, 0.3) is 0 Å². The van der Waals surface area contributed by atoms with Crippen LogP contribution in [0.1, 0.15) is 11.6 Å². The molecule has 3 nitrogen and oxygen atoms in total. The van der Waals surface area contributed by atoms with Crippen LogP contribution < -0.4 is 5.73 Å². The summed E-state index contributed by atoms with van der Waals surface area (Å²) in [5, 5.41) is 18.4. The molecule has 0 unspecified atom stereocenters. The summed E-state index contributed by atoms with van der Waals surface area (Å²) < 4.78 is 0.470. The highest BCUT2D eigenvalue weighted by molar-refractivity contribution is 9.10.